The van der Waals surface area contributed by atoms with E-state index in [0.29, 0.717) is 23.8 Å². The molecule has 0 spiro atoms. The fraction of sp³-hybridized carbons (Fsp3) is 0.273. The van der Waals surface area contributed by atoms with Crippen LogP contribution < -0.4 is 15.3 Å². The second-order valence-electron chi connectivity index (χ2n) is 7.25. The molecule has 2 aliphatic rings. The minimum atomic E-state index is -0.0852. The van der Waals surface area contributed by atoms with E-state index in [1.54, 1.807) is 6.08 Å². The van der Waals surface area contributed by atoms with Gasteiger partial charge in [0.1, 0.15) is 5.70 Å². The van der Waals surface area contributed by atoms with Crippen molar-refractivity contribution in [2.24, 2.45) is 0 Å². The van der Waals surface area contributed by atoms with Crippen molar-refractivity contribution >= 4 is 34.8 Å². The molecule has 0 aromatic heterocycles. The maximum atomic E-state index is 13.0. The lowest BCUT2D eigenvalue weighted by Crippen LogP contribution is -2.53. The second kappa shape index (κ2) is 8.17. The van der Waals surface area contributed by atoms with Crippen LogP contribution in [0.15, 0.2) is 60.3 Å². The molecule has 150 valence electrons. The fourth-order valence-electron chi connectivity index (χ4n) is 3.54. The molecule has 0 unspecified atom stereocenters. The van der Waals surface area contributed by atoms with E-state index in [9.17, 15) is 9.59 Å². The van der Waals surface area contributed by atoms with Gasteiger partial charge < -0.3 is 9.80 Å². The minimum Gasteiger partial charge on any atom is -0.368 e. The van der Waals surface area contributed by atoms with E-state index >= 15 is 0 Å². The Morgan fingerprint density at radius 3 is 2.21 bits per heavy atom. The molecule has 1 saturated heterocycles. The zero-order chi connectivity index (χ0) is 20.4. The SMILES string of the molecule is Cc1ccc(N2NC(C(=O)N3CCN(c4ccc(Cl)cc4)CC3)=CCC2=O)cc1. The van der Waals surface area contributed by atoms with Gasteiger partial charge in [0.2, 0.25) is 5.91 Å². The number of rotatable bonds is 3. The summed E-state index contributed by atoms with van der Waals surface area (Å²) in [6.45, 7) is 4.74. The lowest BCUT2D eigenvalue weighted by molar-refractivity contribution is -0.128. The lowest BCUT2D eigenvalue weighted by atomic mass is 10.2. The number of nitrogens with one attached hydrogen (secondary N) is 1. The van der Waals surface area contributed by atoms with Gasteiger partial charge in [-0.05, 0) is 49.4 Å². The Morgan fingerprint density at radius 2 is 1.55 bits per heavy atom. The Labute approximate surface area is 175 Å². The van der Waals surface area contributed by atoms with Gasteiger partial charge in [-0.3, -0.25) is 15.0 Å². The number of anilines is 2. The minimum absolute atomic E-state index is 0.0784. The van der Waals surface area contributed by atoms with Gasteiger partial charge in [0, 0.05) is 43.3 Å². The van der Waals surface area contributed by atoms with Crippen LogP contribution >= 0.6 is 11.6 Å². The van der Waals surface area contributed by atoms with E-state index in [4.69, 9.17) is 11.6 Å². The van der Waals surface area contributed by atoms with Crippen molar-refractivity contribution < 1.29 is 9.59 Å². The number of carbonyl (C=O) groups excluding carboxylic acids is 2. The van der Waals surface area contributed by atoms with E-state index < -0.39 is 0 Å². The van der Waals surface area contributed by atoms with Crippen molar-refractivity contribution in [1.29, 1.82) is 0 Å². The van der Waals surface area contributed by atoms with E-state index in [1.165, 1.54) is 5.01 Å². The molecule has 2 amide bonds. The predicted molar refractivity (Wildman–Crippen MR) is 115 cm³/mol. The third-order valence-electron chi connectivity index (χ3n) is 5.24. The zero-order valence-corrected chi connectivity index (χ0v) is 17.0. The van der Waals surface area contributed by atoms with Crippen molar-refractivity contribution in [2.75, 3.05) is 36.1 Å². The molecule has 29 heavy (non-hydrogen) atoms. The standard InChI is InChI=1S/C22H23ClN4O2/c1-16-2-6-19(7-3-16)27-21(28)11-10-20(24-27)22(29)26-14-12-25(13-15-26)18-8-4-17(23)5-9-18/h2-10,24H,11-15H2,1H3. The van der Waals surface area contributed by atoms with Crippen LogP contribution in [0, 0.1) is 6.92 Å². The van der Waals surface area contributed by atoms with Crippen LogP contribution in [0.3, 0.4) is 0 Å². The highest BCUT2D eigenvalue weighted by molar-refractivity contribution is 6.30. The van der Waals surface area contributed by atoms with Crippen LogP contribution in [0.1, 0.15) is 12.0 Å². The summed E-state index contributed by atoms with van der Waals surface area (Å²) in [5, 5.41) is 2.17. The van der Waals surface area contributed by atoms with E-state index in [1.807, 2.05) is 60.4 Å². The molecule has 1 fully saturated rings. The van der Waals surface area contributed by atoms with Crippen molar-refractivity contribution in [2.45, 2.75) is 13.3 Å². The summed E-state index contributed by atoms with van der Waals surface area (Å²) >= 11 is 5.96. The Balaban J connectivity index is 1.40. The van der Waals surface area contributed by atoms with Crippen LogP contribution in [0.25, 0.3) is 0 Å². The van der Waals surface area contributed by atoms with Gasteiger partial charge in [0.15, 0.2) is 0 Å². The topological polar surface area (TPSA) is 55.9 Å². The Morgan fingerprint density at radius 1 is 0.931 bits per heavy atom. The van der Waals surface area contributed by atoms with Crippen LogP contribution in [0.2, 0.25) is 5.02 Å². The third-order valence-corrected chi connectivity index (χ3v) is 5.50. The highest BCUT2D eigenvalue weighted by Gasteiger charge is 2.29. The first-order chi connectivity index (χ1) is 14.0. The molecule has 2 aromatic carbocycles. The van der Waals surface area contributed by atoms with Crippen LogP contribution in [0.5, 0.6) is 0 Å². The van der Waals surface area contributed by atoms with Gasteiger partial charge in [-0.25, -0.2) is 5.01 Å². The Bertz CT molecular complexity index is 932. The summed E-state index contributed by atoms with van der Waals surface area (Å²) in [4.78, 5) is 29.4. The van der Waals surface area contributed by atoms with E-state index in [0.717, 1.165) is 30.0 Å². The number of nitrogens with zero attached hydrogens (tertiary/aromatic N) is 3. The predicted octanol–water partition coefficient (Wildman–Crippen LogP) is 3.12. The van der Waals surface area contributed by atoms with Gasteiger partial charge in [0.25, 0.3) is 5.91 Å². The highest BCUT2D eigenvalue weighted by Crippen LogP contribution is 2.22. The summed E-state index contributed by atoms with van der Waals surface area (Å²) in [6, 6.07) is 15.4. The molecule has 7 heteroatoms. The summed E-state index contributed by atoms with van der Waals surface area (Å²) in [6.07, 6.45) is 1.88. The number of hydrogen-bond donors (Lipinski definition) is 1. The van der Waals surface area contributed by atoms with Gasteiger partial charge in [-0.1, -0.05) is 29.3 Å². The molecule has 6 nitrogen and oxygen atoms in total. The molecule has 2 aromatic rings. The summed E-state index contributed by atoms with van der Waals surface area (Å²) in [5.41, 5.74) is 6.41. The highest BCUT2D eigenvalue weighted by atomic mass is 35.5. The Hall–Kier alpha value is -2.99. The van der Waals surface area contributed by atoms with Crippen molar-refractivity contribution in [3.63, 3.8) is 0 Å². The molecule has 2 aliphatic heterocycles. The van der Waals surface area contributed by atoms with E-state index in [-0.39, 0.29) is 18.2 Å². The zero-order valence-electron chi connectivity index (χ0n) is 16.3. The van der Waals surface area contributed by atoms with Crippen molar-refractivity contribution in [3.05, 3.63) is 70.9 Å². The molecule has 0 bridgehead atoms. The van der Waals surface area contributed by atoms with Crippen molar-refractivity contribution in [3.8, 4) is 0 Å². The number of carbonyl (C=O) groups is 2. The van der Waals surface area contributed by atoms with Gasteiger partial charge in [-0.2, -0.15) is 0 Å². The smallest absolute Gasteiger partial charge is 0.271 e. The first-order valence-corrected chi connectivity index (χ1v) is 10.1. The van der Waals surface area contributed by atoms with Crippen LogP contribution in [0.4, 0.5) is 11.4 Å². The molecular formula is C22H23ClN4O2. The van der Waals surface area contributed by atoms with E-state index in [2.05, 4.69) is 10.3 Å². The number of halogens is 1. The maximum Gasteiger partial charge on any atom is 0.271 e. The van der Waals surface area contributed by atoms with Crippen LogP contribution in [-0.2, 0) is 9.59 Å². The molecule has 1 N–H and O–H groups in total. The van der Waals surface area contributed by atoms with Crippen LogP contribution in [-0.4, -0.2) is 42.9 Å². The Kier molecular flexibility index (Phi) is 5.45. The monoisotopic (exact) mass is 410 g/mol. The maximum absolute atomic E-state index is 13.0. The third kappa shape index (κ3) is 4.22. The molecule has 0 radical (unpaired) electrons. The van der Waals surface area contributed by atoms with Crippen molar-refractivity contribution in [1.82, 2.24) is 10.3 Å². The first-order valence-electron chi connectivity index (χ1n) is 9.67. The number of aryl methyl sites for hydroxylation is 1. The van der Waals surface area contributed by atoms with Gasteiger partial charge in [0.05, 0.1) is 5.69 Å². The van der Waals surface area contributed by atoms with Gasteiger partial charge >= 0.3 is 0 Å². The quantitative estimate of drug-likeness (QED) is 0.844. The number of piperazine rings is 1. The first kappa shape index (κ1) is 19.3. The molecule has 2 heterocycles. The molecule has 0 aliphatic carbocycles. The summed E-state index contributed by atoms with van der Waals surface area (Å²) < 4.78 is 0. The molecule has 0 saturated carbocycles. The number of hydrogen-bond acceptors (Lipinski definition) is 4. The number of amides is 2. The second-order valence-corrected chi connectivity index (χ2v) is 7.69. The van der Waals surface area contributed by atoms with Gasteiger partial charge in [-0.15, -0.1) is 0 Å². The molecular weight excluding hydrogens is 388 g/mol. The number of hydrazine groups is 1. The number of benzene rings is 2. The summed E-state index contributed by atoms with van der Waals surface area (Å²) in [5.74, 6) is -0.164. The fourth-order valence-corrected chi connectivity index (χ4v) is 3.66. The summed E-state index contributed by atoms with van der Waals surface area (Å²) in [7, 11) is 0. The molecule has 4 rings (SSSR count). The molecule has 0 atom stereocenters. The lowest BCUT2D eigenvalue weighted by Gasteiger charge is -2.37. The average Bonchev–Trinajstić information content (AvgIpc) is 2.75. The largest absolute Gasteiger partial charge is 0.368 e. The normalized spacial score (nSPS) is 17.1. The average molecular weight is 411 g/mol.